The van der Waals surface area contributed by atoms with Gasteiger partial charge in [0.05, 0.1) is 0 Å². The molecule has 0 saturated heterocycles. The Balaban J connectivity index is 2.77. The van der Waals surface area contributed by atoms with Crippen LogP contribution in [0.2, 0.25) is 0 Å². The third kappa shape index (κ3) is 3.94. The van der Waals surface area contributed by atoms with Gasteiger partial charge in [0, 0.05) is 12.4 Å². The summed E-state index contributed by atoms with van der Waals surface area (Å²) in [5.74, 6) is 0. The molecule has 0 aromatic carbocycles. The van der Waals surface area contributed by atoms with Gasteiger partial charge in [0.15, 0.2) is 0 Å². The van der Waals surface area contributed by atoms with Gasteiger partial charge in [-0.3, -0.25) is 4.98 Å². The first-order valence-corrected chi connectivity index (χ1v) is 8.32. The number of hydrogen-bond acceptors (Lipinski definition) is 8. The lowest BCUT2D eigenvalue weighted by atomic mass is 10.1. The van der Waals surface area contributed by atoms with E-state index in [1.54, 1.807) is 12.1 Å². The van der Waals surface area contributed by atoms with Crippen molar-refractivity contribution in [1.82, 2.24) is 4.98 Å². The molecule has 0 radical (unpaired) electrons. The van der Waals surface area contributed by atoms with Crippen LogP contribution in [0.15, 0.2) is 24.5 Å². The van der Waals surface area contributed by atoms with E-state index >= 15 is 0 Å². The maximum absolute atomic E-state index is 10.8. The SMILES string of the molecule is O=P([O-])([O-])C(O)(CCCc1cccnc1)P(=O)([O-])[O-]. The van der Waals surface area contributed by atoms with Gasteiger partial charge >= 0.3 is 0 Å². The van der Waals surface area contributed by atoms with Crippen LogP contribution >= 0.6 is 15.2 Å². The topological polar surface area (TPSA) is 160 Å². The summed E-state index contributed by atoms with van der Waals surface area (Å²) in [5.41, 5.74) is 0.656. The lowest BCUT2D eigenvalue weighted by molar-refractivity contribution is -0.349. The molecule has 108 valence electrons. The number of nitrogens with zero attached hydrogens (tertiary/aromatic N) is 1. The van der Waals surface area contributed by atoms with E-state index < -0.39 is 26.7 Å². The normalized spacial score (nSPS) is 13.5. The van der Waals surface area contributed by atoms with Crippen LogP contribution in [0.5, 0.6) is 0 Å². The fourth-order valence-electron chi connectivity index (χ4n) is 1.50. The Morgan fingerprint density at radius 3 is 2.21 bits per heavy atom. The van der Waals surface area contributed by atoms with Gasteiger partial charge in [-0.05, 0) is 46.1 Å². The molecule has 8 nitrogen and oxygen atoms in total. The standard InChI is InChI=1S/C9H15NO7P2/c11-9(18(12,13)14,19(15,16)17)5-1-3-8-4-2-6-10-7-8/h2,4,6-7,11H,1,3,5H2,(H2,12,13,14)(H2,15,16,17)/p-4. The molecule has 0 aliphatic heterocycles. The minimum atomic E-state index is -5.98. The Bertz CT molecular complexity index is 487. The largest absolute Gasteiger partial charge is 0.808 e. The van der Waals surface area contributed by atoms with Crippen LogP contribution in [-0.4, -0.2) is 15.2 Å². The maximum atomic E-state index is 10.8. The molecule has 1 rings (SSSR count). The Hall–Kier alpha value is -0.590. The summed E-state index contributed by atoms with van der Waals surface area (Å²) >= 11 is 0. The number of hydrogen-bond donors (Lipinski definition) is 1. The summed E-state index contributed by atoms with van der Waals surface area (Å²) in [6, 6.07) is 3.26. The van der Waals surface area contributed by atoms with Gasteiger partial charge in [-0.15, -0.1) is 0 Å². The molecule has 0 bridgehead atoms. The predicted octanol–water partition coefficient (Wildman–Crippen LogP) is -2.12. The quantitative estimate of drug-likeness (QED) is 0.583. The van der Waals surface area contributed by atoms with Crippen molar-refractivity contribution in [2.75, 3.05) is 0 Å². The van der Waals surface area contributed by atoms with Gasteiger partial charge < -0.3 is 33.8 Å². The van der Waals surface area contributed by atoms with E-state index in [0.717, 1.165) is 0 Å². The molecular formula is C9H11NO7P2-4. The second kappa shape index (κ2) is 5.81. The third-order valence-corrected chi connectivity index (χ3v) is 6.25. The first kappa shape index (κ1) is 16.5. The van der Waals surface area contributed by atoms with Gasteiger partial charge in [0.2, 0.25) is 0 Å². The van der Waals surface area contributed by atoms with E-state index in [2.05, 4.69) is 4.98 Å². The van der Waals surface area contributed by atoms with Crippen molar-refractivity contribution in [3.63, 3.8) is 0 Å². The molecule has 0 aliphatic carbocycles. The first-order chi connectivity index (χ1) is 8.58. The molecule has 10 heteroatoms. The number of pyridine rings is 1. The molecule has 0 spiro atoms. The Morgan fingerprint density at radius 1 is 1.21 bits per heavy atom. The van der Waals surface area contributed by atoms with Crippen LogP contribution in [-0.2, 0) is 15.6 Å². The van der Waals surface area contributed by atoms with Crippen molar-refractivity contribution in [3.05, 3.63) is 30.1 Å². The third-order valence-electron chi connectivity index (χ3n) is 2.58. The number of aryl methyl sites for hydroxylation is 1. The smallest absolute Gasteiger partial charge is 0.117 e. The van der Waals surface area contributed by atoms with Gasteiger partial charge in [0.25, 0.3) is 0 Å². The zero-order valence-corrected chi connectivity index (χ0v) is 11.5. The first-order valence-electron chi connectivity index (χ1n) is 5.23. The van der Waals surface area contributed by atoms with E-state index in [9.17, 15) is 33.8 Å². The molecule has 1 heterocycles. The highest BCUT2D eigenvalue weighted by atomic mass is 31.2. The maximum Gasteiger partial charge on any atom is 0.117 e. The van der Waals surface area contributed by atoms with Gasteiger partial charge in [-0.25, -0.2) is 0 Å². The second-order valence-corrected chi connectivity index (χ2v) is 7.81. The van der Waals surface area contributed by atoms with Crippen molar-refractivity contribution in [2.45, 2.75) is 24.3 Å². The van der Waals surface area contributed by atoms with Crippen LogP contribution < -0.4 is 19.6 Å². The summed E-state index contributed by atoms with van der Waals surface area (Å²) in [7, 11) is -12.0. The van der Waals surface area contributed by atoms with Crippen LogP contribution in [0.3, 0.4) is 0 Å². The van der Waals surface area contributed by atoms with E-state index in [0.29, 0.717) is 5.56 Å². The molecule has 0 aliphatic rings. The fourth-order valence-corrected chi connectivity index (χ4v) is 3.56. The molecule has 0 amide bonds. The highest BCUT2D eigenvalue weighted by Crippen LogP contribution is 2.61. The Morgan fingerprint density at radius 2 is 1.79 bits per heavy atom. The average molecular weight is 307 g/mol. The second-order valence-electron chi connectivity index (χ2n) is 3.98. The molecule has 1 N–H and O–H groups in total. The summed E-state index contributed by atoms with van der Waals surface area (Å²) in [6.07, 6.45) is 2.02. The van der Waals surface area contributed by atoms with Crippen molar-refractivity contribution in [1.29, 1.82) is 0 Å². The zero-order valence-electron chi connectivity index (χ0n) is 9.67. The molecule has 1 aromatic rings. The van der Waals surface area contributed by atoms with Crippen molar-refractivity contribution in [2.24, 2.45) is 0 Å². The average Bonchev–Trinajstić information content (AvgIpc) is 2.27. The fraction of sp³-hybridized carbons (Fsp3) is 0.444. The Kier molecular flexibility index (Phi) is 5.03. The lowest BCUT2D eigenvalue weighted by Crippen LogP contribution is -2.45. The summed E-state index contributed by atoms with van der Waals surface area (Å²) in [6.45, 7) is 0. The van der Waals surface area contributed by atoms with Gasteiger partial charge in [-0.1, -0.05) is 6.07 Å². The molecule has 0 unspecified atom stereocenters. The highest BCUT2D eigenvalue weighted by molar-refractivity contribution is 7.69. The van der Waals surface area contributed by atoms with Gasteiger partial charge in [0.1, 0.15) is 5.08 Å². The summed E-state index contributed by atoms with van der Waals surface area (Å²) < 4.78 is 21.6. The zero-order chi connectivity index (χ0) is 14.7. The van der Waals surface area contributed by atoms with E-state index in [1.165, 1.54) is 12.4 Å². The Labute approximate surface area is 109 Å². The van der Waals surface area contributed by atoms with E-state index in [1.807, 2.05) is 0 Å². The van der Waals surface area contributed by atoms with Crippen molar-refractivity contribution in [3.8, 4) is 0 Å². The van der Waals surface area contributed by atoms with E-state index in [-0.39, 0.29) is 12.8 Å². The summed E-state index contributed by atoms with van der Waals surface area (Å²) in [5, 5.41) is 5.59. The monoisotopic (exact) mass is 307 g/mol. The predicted molar refractivity (Wildman–Crippen MR) is 57.3 cm³/mol. The van der Waals surface area contributed by atoms with E-state index in [4.69, 9.17) is 0 Å². The molecular weight excluding hydrogens is 296 g/mol. The van der Waals surface area contributed by atoms with Crippen LogP contribution in [0.25, 0.3) is 0 Å². The van der Waals surface area contributed by atoms with Crippen LogP contribution in [0.1, 0.15) is 18.4 Å². The summed E-state index contributed by atoms with van der Waals surface area (Å²) in [4.78, 5) is 46.9. The lowest BCUT2D eigenvalue weighted by Gasteiger charge is -2.56. The highest BCUT2D eigenvalue weighted by Gasteiger charge is 2.34. The van der Waals surface area contributed by atoms with Crippen molar-refractivity contribution >= 4 is 15.2 Å². The van der Waals surface area contributed by atoms with Crippen LogP contribution in [0, 0.1) is 0 Å². The number of aliphatic hydroxyl groups is 1. The number of rotatable bonds is 6. The number of aromatic nitrogens is 1. The minimum Gasteiger partial charge on any atom is -0.808 e. The molecule has 0 saturated carbocycles. The van der Waals surface area contributed by atoms with Gasteiger partial charge in [-0.2, -0.15) is 0 Å². The molecule has 0 fully saturated rings. The minimum absolute atomic E-state index is 0.162. The van der Waals surface area contributed by atoms with Crippen LogP contribution in [0.4, 0.5) is 0 Å². The van der Waals surface area contributed by atoms with Crippen molar-refractivity contribution < 1.29 is 33.8 Å². The molecule has 1 aromatic heterocycles. The molecule has 0 atom stereocenters. The molecule has 19 heavy (non-hydrogen) atoms.